The van der Waals surface area contributed by atoms with Crippen molar-refractivity contribution in [3.63, 3.8) is 0 Å². The van der Waals surface area contributed by atoms with Crippen LogP contribution < -0.4 is 10.5 Å². The van der Waals surface area contributed by atoms with Crippen LogP contribution in [0.1, 0.15) is 10.5 Å². The number of piperazine rings is 1. The minimum Gasteiger partial charge on any atom is -0.367 e. The third kappa shape index (κ3) is 4.08. The zero-order valence-electron chi connectivity index (χ0n) is 17.6. The molecule has 1 aliphatic heterocycles. The van der Waals surface area contributed by atoms with E-state index in [1.54, 1.807) is 47.4 Å². The van der Waals surface area contributed by atoms with Crippen LogP contribution in [0.2, 0.25) is 10.0 Å². The molecule has 1 amide bonds. The molecule has 6 nitrogen and oxygen atoms in total. The Hall–Kier alpha value is -3.35. The molecule has 2 heterocycles. The van der Waals surface area contributed by atoms with E-state index >= 15 is 0 Å². The topological polar surface area (TPSA) is 58.4 Å². The maximum Gasteiger partial charge on any atom is 0.279 e. The molecule has 4 aromatic rings. The fourth-order valence-corrected chi connectivity index (χ4v) is 4.49. The summed E-state index contributed by atoms with van der Waals surface area (Å²) in [4.78, 5) is 30.6. The summed E-state index contributed by atoms with van der Waals surface area (Å²) in [7, 11) is 0. The molecule has 1 fully saturated rings. The van der Waals surface area contributed by atoms with Gasteiger partial charge in [-0.1, -0.05) is 53.5 Å². The number of aromatic nitrogens is 2. The van der Waals surface area contributed by atoms with Crippen LogP contribution in [0.5, 0.6) is 0 Å². The van der Waals surface area contributed by atoms with Gasteiger partial charge in [-0.2, -0.15) is 9.78 Å². The molecule has 5 rings (SSSR count). The van der Waals surface area contributed by atoms with Gasteiger partial charge in [0.25, 0.3) is 11.5 Å². The molecule has 3 aromatic carbocycles. The van der Waals surface area contributed by atoms with Gasteiger partial charge in [-0.05, 0) is 42.5 Å². The normalized spacial score (nSPS) is 14.0. The first-order valence-electron chi connectivity index (χ1n) is 10.6. The van der Waals surface area contributed by atoms with Crippen LogP contribution in [0.4, 0.5) is 5.69 Å². The Morgan fingerprint density at radius 3 is 2.12 bits per heavy atom. The first-order valence-corrected chi connectivity index (χ1v) is 11.4. The van der Waals surface area contributed by atoms with Crippen molar-refractivity contribution in [1.29, 1.82) is 0 Å². The highest BCUT2D eigenvalue weighted by Gasteiger charge is 2.26. The van der Waals surface area contributed by atoms with Crippen molar-refractivity contribution in [2.24, 2.45) is 0 Å². The Morgan fingerprint density at radius 1 is 0.788 bits per heavy atom. The van der Waals surface area contributed by atoms with Gasteiger partial charge in [-0.25, -0.2) is 0 Å². The molecule has 0 saturated carbocycles. The number of amides is 1. The van der Waals surface area contributed by atoms with E-state index in [1.165, 1.54) is 4.68 Å². The third-order valence-electron chi connectivity index (χ3n) is 5.84. The Kier molecular flexibility index (Phi) is 5.79. The standard InChI is InChI=1S/C25H20Cl2N4O2/c26-17-9-11-18(12-10-17)31-24(32)20-6-2-1-5-19(20)23(28-31)25(33)30-15-13-29(14-16-30)22-8-4-3-7-21(22)27/h1-12H,13-16H2. The van der Waals surface area contributed by atoms with E-state index in [2.05, 4.69) is 10.00 Å². The molecule has 0 N–H and O–H groups in total. The molecule has 1 aromatic heterocycles. The molecular formula is C25H20Cl2N4O2. The lowest BCUT2D eigenvalue weighted by molar-refractivity contribution is 0.0741. The number of carbonyl (C=O) groups is 1. The number of hydrogen-bond acceptors (Lipinski definition) is 4. The number of nitrogens with zero attached hydrogens (tertiary/aromatic N) is 4. The van der Waals surface area contributed by atoms with Gasteiger partial charge < -0.3 is 9.80 Å². The van der Waals surface area contributed by atoms with Crippen molar-refractivity contribution >= 4 is 45.6 Å². The lowest BCUT2D eigenvalue weighted by Gasteiger charge is -2.36. The largest absolute Gasteiger partial charge is 0.367 e. The van der Waals surface area contributed by atoms with Gasteiger partial charge in [0, 0.05) is 36.6 Å². The lowest BCUT2D eigenvalue weighted by Crippen LogP contribution is -2.49. The predicted molar refractivity (Wildman–Crippen MR) is 132 cm³/mol. The average molecular weight is 479 g/mol. The monoisotopic (exact) mass is 478 g/mol. The van der Waals surface area contributed by atoms with Crippen molar-refractivity contribution < 1.29 is 4.79 Å². The number of hydrogen-bond donors (Lipinski definition) is 0. The summed E-state index contributed by atoms with van der Waals surface area (Å²) in [5.74, 6) is -0.201. The van der Waals surface area contributed by atoms with Gasteiger partial charge >= 0.3 is 0 Å². The third-order valence-corrected chi connectivity index (χ3v) is 6.41. The van der Waals surface area contributed by atoms with Crippen molar-refractivity contribution in [3.8, 4) is 5.69 Å². The Morgan fingerprint density at radius 2 is 1.42 bits per heavy atom. The van der Waals surface area contributed by atoms with E-state index < -0.39 is 0 Å². The van der Waals surface area contributed by atoms with Gasteiger partial charge in [0.2, 0.25) is 0 Å². The number of halogens is 2. The fraction of sp³-hybridized carbons (Fsp3) is 0.160. The number of para-hydroxylation sites is 1. The summed E-state index contributed by atoms with van der Waals surface area (Å²) in [6.45, 7) is 2.37. The second kappa shape index (κ2) is 8.89. The van der Waals surface area contributed by atoms with E-state index in [1.807, 2.05) is 30.3 Å². The molecule has 8 heteroatoms. The molecule has 0 radical (unpaired) electrons. The second-order valence-corrected chi connectivity index (χ2v) is 8.66. The van der Waals surface area contributed by atoms with Gasteiger partial charge in [0.15, 0.2) is 5.69 Å². The molecular weight excluding hydrogens is 459 g/mol. The Balaban J connectivity index is 1.49. The SMILES string of the molecule is O=C(c1nn(-c2ccc(Cl)cc2)c(=O)c2ccccc12)N1CCN(c2ccccc2Cl)CC1. The predicted octanol–water partition coefficient (Wildman–Crippen LogP) is 4.65. The zero-order valence-corrected chi connectivity index (χ0v) is 19.1. The maximum absolute atomic E-state index is 13.6. The maximum atomic E-state index is 13.6. The number of benzene rings is 3. The van der Waals surface area contributed by atoms with Crippen molar-refractivity contribution in [2.75, 3.05) is 31.1 Å². The van der Waals surface area contributed by atoms with Crippen LogP contribution in [0.3, 0.4) is 0 Å². The number of anilines is 1. The van der Waals surface area contributed by atoms with Crippen LogP contribution >= 0.6 is 23.2 Å². The summed E-state index contributed by atoms with van der Waals surface area (Å²) in [6.07, 6.45) is 0. The minimum absolute atomic E-state index is 0.201. The van der Waals surface area contributed by atoms with E-state index in [4.69, 9.17) is 23.2 Å². The van der Waals surface area contributed by atoms with Crippen LogP contribution in [-0.4, -0.2) is 46.8 Å². The van der Waals surface area contributed by atoms with E-state index in [-0.39, 0.29) is 17.2 Å². The molecule has 0 unspecified atom stereocenters. The van der Waals surface area contributed by atoms with E-state index in [9.17, 15) is 9.59 Å². The second-order valence-electron chi connectivity index (χ2n) is 7.82. The van der Waals surface area contributed by atoms with Gasteiger partial charge in [-0.15, -0.1) is 0 Å². The first-order chi connectivity index (χ1) is 16.0. The van der Waals surface area contributed by atoms with Gasteiger partial charge in [-0.3, -0.25) is 9.59 Å². The zero-order chi connectivity index (χ0) is 22.9. The summed E-state index contributed by atoms with van der Waals surface area (Å²) in [6, 6.07) is 21.6. The Bertz CT molecular complexity index is 1390. The Labute approximate surface area is 200 Å². The molecule has 0 bridgehead atoms. The van der Waals surface area contributed by atoms with Crippen LogP contribution in [-0.2, 0) is 0 Å². The molecule has 1 aliphatic rings. The van der Waals surface area contributed by atoms with Crippen LogP contribution in [0.15, 0.2) is 77.6 Å². The van der Waals surface area contributed by atoms with Crippen molar-refractivity contribution in [1.82, 2.24) is 14.7 Å². The number of rotatable bonds is 3. The molecule has 33 heavy (non-hydrogen) atoms. The average Bonchev–Trinajstić information content (AvgIpc) is 2.85. The quantitative estimate of drug-likeness (QED) is 0.429. The molecule has 166 valence electrons. The van der Waals surface area contributed by atoms with Crippen molar-refractivity contribution in [2.45, 2.75) is 0 Å². The van der Waals surface area contributed by atoms with Gasteiger partial charge in [0.1, 0.15) is 0 Å². The number of carbonyl (C=O) groups excluding carboxylic acids is 1. The lowest BCUT2D eigenvalue weighted by atomic mass is 10.1. The summed E-state index contributed by atoms with van der Waals surface area (Å²) < 4.78 is 1.27. The minimum atomic E-state index is -0.284. The molecule has 0 aliphatic carbocycles. The highest BCUT2D eigenvalue weighted by atomic mass is 35.5. The highest BCUT2D eigenvalue weighted by molar-refractivity contribution is 6.33. The first kappa shape index (κ1) is 21.5. The van der Waals surface area contributed by atoms with Gasteiger partial charge in [0.05, 0.1) is 21.8 Å². The summed E-state index contributed by atoms with van der Waals surface area (Å²) in [5.41, 5.74) is 1.48. The summed E-state index contributed by atoms with van der Waals surface area (Å²) in [5, 5.41) is 6.74. The van der Waals surface area contributed by atoms with Crippen LogP contribution in [0.25, 0.3) is 16.5 Å². The molecule has 1 saturated heterocycles. The summed E-state index contributed by atoms with van der Waals surface area (Å²) >= 11 is 12.3. The van der Waals surface area contributed by atoms with E-state index in [0.717, 1.165) is 5.69 Å². The fourth-order valence-electron chi connectivity index (χ4n) is 4.11. The van der Waals surface area contributed by atoms with Crippen LogP contribution in [0, 0.1) is 0 Å². The molecule has 0 spiro atoms. The highest BCUT2D eigenvalue weighted by Crippen LogP contribution is 2.26. The molecule has 0 atom stereocenters. The van der Waals surface area contributed by atoms with E-state index in [0.29, 0.717) is 52.7 Å². The smallest absolute Gasteiger partial charge is 0.279 e. The van der Waals surface area contributed by atoms with Crippen molar-refractivity contribution in [3.05, 3.63) is 98.9 Å². The number of fused-ring (bicyclic) bond motifs is 1.